The van der Waals surface area contributed by atoms with Crippen LogP contribution in [0.2, 0.25) is 0 Å². The Morgan fingerprint density at radius 1 is 1.10 bits per heavy atom. The molecule has 3 N–H and O–H groups in total. The summed E-state index contributed by atoms with van der Waals surface area (Å²) < 4.78 is 13.5. The third kappa shape index (κ3) is 3.65. The van der Waals surface area contributed by atoms with Crippen molar-refractivity contribution < 1.29 is 4.39 Å². The molecular weight excluding hydrogens is 251 g/mol. The fourth-order valence-corrected chi connectivity index (χ4v) is 2.39. The second-order valence-corrected chi connectivity index (χ2v) is 5.16. The van der Waals surface area contributed by atoms with Crippen LogP contribution in [0.4, 0.5) is 4.39 Å². The molecule has 0 fully saturated rings. The van der Waals surface area contributed by atoms with Crippen molar-refractivity contribution in [2.75, 3.05) is 0 Å². The molecule has 0 saturated carbocycles. The molecule has 3 heteroatoms. The first-order valence-electron chi connectivity index (χ1n) is 6.93. The summed E-state index contributed by atoms with van der Waals surface area (Å²) in [6, 6.07) is 13.4. The standard InChI is InChI=1S/C17H21FN2/c1-3-13-4-6-14(7-5-13)10-17(20-19)15-8-12(2)9-16(18)11-15/h4-9,11,17,20H,3,10,19H2,1-2H3. The van der Waals surface area contributed by atoms with Gasteiger partial charge in [0.2, 0.25) is 0 Å². The highest BCUT2D eigenvalue weighted by Gasteiger charge is 2.12. The van der Waals surface area contributed by atoms with Gasteiger partial charge in [0.25, 0.3) is 0 Å². The van der Waals surface area contributed by atoms with E-state index in [1.807, 2.05) is 13.0 Å². The molecule has 1 unspecified atom stereocenters. The van der Waals surface area contributed by atoms with Crippen LogP contribution < -0.4 is 11.3 Å². The summed E-state index contributed by atoms with van der Waals surface area (Å²) in [5, 5.41) is 0. The average molecular weight is 272 g/mol. The average Bonchev–Trinajstić information content (AvgIpc) is 2.44. The minimum atomic E-state index is -0.221. The highest BCUT2D eigenvalue weighted by Crippen LogP contribution is 2.20. The van der Waals surface area contributed by atoms with E-state index in [2.05, 4.69) is 36.6 Å². The van der Waals surface area contributed by atoms with Crippen molar-refractivity contribution in [2.24, 2.45) is 5.84 Å². The van der Waals surface area contributed by atoms with E-state index in [0.29, 0.717) is 0 Å². The lowest BCUT2D eigenvalue weighted by Crippen LogP contribution is -2.29. The summed E-state index contributed by atoms with van der Waals surface area (Å²) in [6.45, 7) is 4.02. The summed E-state index contributed by atoms with van der Waals surface area (Å²) in [5.41, 5.74) is 7.07. The molecular formula is C17H21FN2. The molecule has 0 bridgehead atoms. The Morgan fingerprint density at radius 2 is 1.75 bits per heavy atom. The number of halogens is 1. The molecule has 2 aromatic rings. The first kappa shape index (κ1) is 14.7. The number of hydrogen-bond acceptors (Lipinski definition) is 2. The zero-order valence-electron chi connectivity index (χ0n) is 12.0. The summed E-state index contributed by atoms with van der Waals surface area (Å²) in [4.78, 5) is 0. The molecule has 2 rings (SSSR count). The van der Waals surface area contributed by atoms with Crippen molar-refractivity contribution in [3.63, 3.8) is 0 Å². The number of hydrogen-bond donors (Lipinski definition) is 2. The van der Waals surface area contributed by atoms with Gasteiger partial charge in [0.05, 0.1) is 6.04 Å². The smallest absolute Gasteiger partial charge is 0.123 e. The van der Waals surface area contributed by atoms with Gasteiger partial charge in [-0.1, -0.05) is 37.3 Å². The molecule has 0 heterocycles. The van der Waals surface area contributed by atoms with Crippen LogP contribution in [-0.2, 0) is 12.8 Å². The van der Waals surface area contributed by atoms with Gasteiger partial charge in [-0.2, -0.15) is 0 Å². The molecule has 0 aromatic heterocycles. The molecule has 0 saturated heterocycles. The van der Waals surface area contributed by atoms with Crippen LogP contribution in [0, 0.1) is 12.7 Å². The van der Waals surface area contributed by atoms with Crippen molar-refractivity contribution in [2.45, 2.75) is 32.7 Å². The van der Waals surface area contributed by atoms with E-state index in [9.17, 15) is 4.39 Å². The zero-order valence-corrected chi connectivity index (χ0v) is 12.0. The van der Waals surface area contributed by atoms with Crippen LogP contribution in [0.5, 0.6) is 0 Å². The van der Waals surface area contributed by atoms with E-state index in [-0.39, 0.29) is 11.9 Å². The maximum Gasteiger partial charge on any atom is 0.123 e. The lowest BCUT2D eigenvalue weighted by Gasteiger charge is -2.17. The topological polar surface area (TPSA) is 38.0 Å². The van der Waals surface area contributed by atoms with E-state index in [0.717, 1.165) is 24.0 Å². The Balaban J connectivity index is 2.19. The monoisotopic (exact) mass is 272 g/mol. The Bertz CT molecular complexity index is 543. The number of nitrogens with one attached hydrogen (secondary N) is 1. The van der Waals surface area contributed by atoms with Gasteiger partial charge in [-0.15, -0.1) is 0 Å². The third-order valence-electron chi connectivity index (χ3n) is 3.54. The molecule has 0 aliphatic carbocycles. The minimum absolute atomic E-state index is 0.0862. The van der Waals surface area contributed by atoms with E-state index < -0.39 is 0 Å². The van der Waals surface area contributed by atoms with Crippen LogP contribution in [0.15, 0.2) is 42.5 Å². The van der Waals surface area contributed by atoms with Crippen LogP contribution in [0.3, 0.4) is 0 Å². The molecule has 0 aliphatic rings. The van der Waals surface area contributed by atoms with Gasteiger partial charge in [0, 0.05) is 0 Å². The quantitative estimate of drug-likeness (QED) is 0.646. The number of aryl methyl sites for hydroxylation is 2. The predicted molar refractivity (Wildman–Crippen MR) is 80.7 cm³/mol. The predicted octanol–water partition coefficient (Wildman–Crippen LogP) is 3.44. The van der Waals surface area contributed by atoms with Crippen LogP contribution >= 0.6 is 0 Å². The van der Waals surface area contributed by atoms with E-state index in [1.165, 1.54) is 23.3 Å². The van der Waals surface area contributed by atoms with Crippen molar-refractivity contribution in [1.82, 2.24) is 5.43 Å². The van der Waals surface area contributed by atoms with Gasteiger partial charge in [-0.25, -0.2) is 4.39 Å². The van der Waals surface area contributed by atoms with E-state index in [1.54, 1.807) is 0 Å². The third-order valence-corrected chi connectivity index (χ3v) is 3.54. The number of benzene rings is 2. The largest absolute Gasteiger partial charge is 0.271 e. The number of hydrazine groups is 1. The fraction of sp³-hybridized carbons (Fsp3) is 0.294. The molecule has 0 aliphatic heterocycles. The maximum absolute atomic E-state index is 13.5. The molecule has 0 amide bonds. The maximum atomic E-state index is 13.5. The highest BCUT2D eigenvalue weighted by molar-refractivity contribution is 5.29. The molecule has 0 spiro atoms. The van der Waals surface area contributed by atoms with Gasteiger partial charge in [0.15, 0.2) is 0 Å². The van der Waals surface area contributed by atoms with Gasteiger partial charge < -0.3 is 0 Å². The Morgan fingerprint density at radius 3 is 2.30 bits per heavy atom. The summed E-state index contributed by atoms with van der Waals surface area (Å²) in [6.07, 6.45) is 1.77. The first-order chi connectivity index (χ1) is 9.62. The molecule has 0 radical (unpaired) electrons. The molecule has 1 atom stereocenters. The van der Waals surface area contributed by atoms with Gasteiger partial charge in [0.1, 0.15) is 5.82 Å². The second-order valence-electron chi connectivity index (χ2n) is 5.16. The minimum Gasteiger partial charge on any atom is -0.271 e. The summed E-state index contributed by atoms with van der Waals surface area (Å²) >= 11 is 0. The zero-order chi connectivity index (χ0) is 14.5. The van der Waals surface area contributed by atoms with Crippen molar-refractivity contribution in [1.29, 1.82) is 0 Å². The Labute approximate surface area is 119 Å². The Kier molecular flexibility index (Phi) is 4.88. The van der Waals surface area contributed by atoms with Gasteiger partial charge >= 0.3 is 0 Å². The molecule has 106 valence electrons. The second kappa shape index (κ2) is 6.64. The van der Waals surface area contributed by atoms with Crippen molar-refractivity contribution in [3.05, 3.63) is 70.5 Å². The SMILES string of the molecule is CCc1ccc(CC(NN)c2cc(C)cc(F)c2)cc1. The van der Waals surface area contributed by atoms with Crippen LogP contribution in [0.1, 0.15) is 35.2 Å². The van der Waals surface area contributed by atoms with Crippen LogP contribution in [-0.4, -0.2) is 0 Å². The lowest BCUT2D eigenvalue weighted by atomic mass is 9.97. The van der Waals surface area contributed by atoms with E-state index in [4.69, 9.17) is 5.84 Å². The fourth-order valence-electron chi connectivity index (χ4n) is 2.39. The number of nitrogens with two attached hydrogens (primary N) is 1. The molecule has 2 nitrogen and oxygen atoms in total. The van der Waals surface area contributed by atoms with Crippen molar-refractivity contribution in [3.8, 4) is 0 Å². The normalized spacial score (nSPS) is 12.4. The highest BCUT2D eigenvalue weighted by atomic mass is 19.1. The lowest BCUT2D eigenvalue weighted by molar-refractivity contribution is 0.544. The number of rotatable bonds is 5. The van der Waals surface area contributed by atoms with Crippen LogP contribution in [0.25, 0.3) is 0 Å². The molecule has 20 heavy (non-hydrogen) atoms. The first-order valence-corrected chi connectivity index (χ1v) is 6.93. The molecule has 2 aromatic carbocycles. The van der Waals surface area contributed by atoms with E-state index >= 15 is 0 Å². The Hall–Kier alpha value is -1.71. The van der Waals surface area contributed by atoms with Gasteiger partial charge in [-0.3, -0.25) is 11.3 Å². The van der Waals surface area contributed by atoms with Crippen molar-refractivity contribution >= 4 is 0 Å². The summed E-state index contributed by atoms with van der Waals surface area (Å²) in [7, 11) is 0. The summed E-state index contributed by atoms with van der Waals surface area (Å²) in [5.74, 6) is 5.42. The van der Waals surface area contributed by atoms with Gasteiger partial charge in [-0.05, 0) is 54.2 Å².